The Kier molecular flexibility index (Phi) is 2.52. The van der Waals surface area contributed by atoms with Crippen LogP contribution in [0.5, 0.6) is 0 Å². The van der Waals surface area contributed by atoms with Crippen LogP contribution in [-0.2, 0) is 5.41 Å². The van der Waals surface area contributed by atoms with E-state index in [9.17, 15) is 10.0 Å². The summed E-state index contributed by atoms with van der Waals surface area (Å²) in [5.74, 6) is 0. The van der Waals surface area contributed by atoms with E-state index in [-0.39, 0.29) is 5.41 Å². The van der Waals surface area contributed by atoms with Gasteiger partial charge in [-0.25, -0.2) is 4.98 Å². The van der Waals surface area contributed by atoms with Crippen molar-refractivity contribution in [1.82, 2.24) is 9.46 Å². The fourth-order valence-electron chi connectivity index (χ4n) is 1.87. The molecule has 0 saturated carbocycles. The van der Waals surface area contributed by atoms with Crippen molar-refractivity contribution >= 4 is 18.3 Å². The van der Waals surface area contributed by atoms with Crippen molar-refractivity contribution in [2.45, 2.75) is 26.2 Å². The second kappa shape index (κ2) is 3.61. The van der Waals surface area contributed by atoms with Gasteiger partial charge in [-0.05, 0) is 18.2 Å². The summed E-state index contributed by atoms with van der Waals surface area (Å²) in [5.41, 5.74) is 1.29. The van der Waals surface area contributed by atoms with Crippen LogP contribution in [0.3, 0.4) is 0 Å². The second-order valence-electron chi connectivity index (χ2n) is 4.91. The molecule has 4 nitrogen and oxygen atoms in total. The molecule has 0 aromatic carbocycles. The van der Waals surface area contributed by atoms with E-state index in [1.54, 1.807) is 6.20 Å². The lowest BCUT2D eigenvalue weighted by Crippen LogP contribution is -2.30. The molecule has 0 atom stereocenters. The standard InChI is InChI=1S/C11H15BN2O2/c1-11(2,3)9-7-8-5-4-6-13-10(8)14(9)12(15)16/h4-7,15-16H,1-3H3. The highest BCUT2D eigenvalue weighted by Gasteiger charge is 2.26. The van der Waals surface area contributed by atoms with Gasteiger partial charge in [0.2, 0.25) is 0 Å². The first-order valence-corrected chi connectivity index (χ1v) is 5.24. The summed E-state index contributed by atoms with van der Waals surface area (Å²) >= 11 is 0. The van der Waals surface area contributed by atoms with Crippen molar-refractivity contribution in [2.24, 2.45) is 0 Å². The summed E-state index contributed by atoms with van der Waals surface area (Å²) in [7, 11) is -1.55. The van der Waals surface area contributed by atoms with E-state index in [4.69, 9.17) is 0 Å². The predicted molar refractivity (Wildman–Crippen MR) is 64.0 cm³/mol. The van der Waals surface area contributed by atoms with Crippen molar-refractivity contribution in [2.75, 3.05) is 0 Å². The van der Waals surface area contributed by atoms with Gasteiger partial charge in [-0.3, -0.25) is 0 Å². The molecule has 2 N–H and O–H groups in total. The third-order valence-electron chi connectivity index (χ3n) is 2.60. The van der Waals surface area contributed by atoms with Crippen molar-refractivity contribution in [3.8, 4) is 0 Å². The number of hydrogen-bond acceptors (Lipinski definition) is 3. The maximum atomic E-state index is 9.43. The lowest BCUT2D eigenvalue weighted by molar-refractivity contribution is 0.385. The van der Waals surface area contributed by atoms with Gasteiger partial charge in [0.05, 0.1) is 0 Å². The molecule has 2 heterocycles. The van der Waals surface area contributed by atoms with Gasteiger partial charge >= 0.3 is 7.25 Å². The molecule has 5 heteroatoms. The molecule has 0 radical (unpaired) electrons. The fourth-order valence-corrected chi connectivity index (χ4v) is 1.87. The summed E-state index contributed by atoms with van der Waals surface area (Å²) < 4.78 is 1.45. The van der Waals surface area contributed by atoms with Gasteiger partial charge in [-0.2, -0.15) is 0 Å². The summed E-state index contributed by atoms with van der Waals surface area (Å²) in [5, 5.41) is 19.8. The zero-order chi connectivity index (χ0) is 11.9. The number of nitrogens with zero attached hydrogens (tertiary/aromatic N) is 2. The van der Waals surface area contributed by atoms with Gasteiger partial charge in [0.15, 0.2) is 0 Å². The quantitative estimate of drug-likeness (QED) is 0.706. The summed E-state index contributed by atoms with van der Waals surface area (Å²) in [4.78, 5) is 4.18. The van der Waals surface area contributed by atoms with E-state index in [2.05, 4.69) is 4.98 Å². The maximum absolute atomic E-state index is 9.43. The van der Waals surface area contributed by atoms with Crippen LogP contribution in [0.4, 0.5) is 0 Å². The zero-order valence-corrected chi connectivity index (χ0v) is 9.68. The third kappa shape index (κ3) is 1.72. The highest BCUT2D eigenvalue weighted by atomic mass is 16.4. The Morgan fingerprint density at radius 3 is 2.56 bits per heavy atom. The normalized spacial score (nSPS) is 12.1. The molecule has 2 rings (SSSR count). The predicted octanol–water partition coefficient (Wildman–Crippen LogP) is 1.15. The average molecular weight is 218 g/mol. The number of hydrogen-bond donors (Lipinski definition) is 2. The van der Waals surface area contributed by atoms with Crippen molar-refractivity contribution in [1.29, 1.82) is 0 Å². The minimum atomic E-state index is -1.55. The number of aromatic nitrogens is 2. The maximum Gasteiger partial charge on any atom is 0.593 e. The van der Waals surface area contributed by atoms with Crippen molar-refractivity contribution in [3.05, 3.63) is 30.1 Å². The van der Waals surface area contributed by atoms with Crippen molar-refractivity contribution in [3.63, 3.8) is 0 Å². The molecule has 0 amide bonds. The molecule has 16 heavy (non-hydrogen) atoms. The molecule has 2 aromatic rings. The van der Waals surface area contributed by atoms with Crippen molar-refractivity contribution < 1.29 is 10.0 Å². The Bertz CT molecular complexity index is 514. The van der Waals surface area contributed by atoms with E-state index in [0.29, 0.717) is 5.65 Å². The summed E-state index contributed by atoms with van der Waals surface area (Å²) in [6.07, 6.45) is 1.65. The molecule has 2 aromatic heterocycles. The molecule has 0 saturated heterocycles. The molecular weight excluding hydrogens is 203 g/mol. The molecule has 84 valence electrons. The number of rotatable bonds is 1. The first-order chi connectivity index (χ1) is 7.41. The SMILES string of the molecule is CC(C)(C)c1cc2cccnc2n1B(O)O. The van der Waals surface area contributed by atoms with E-state index in [1.165, 1.54) is 4.48 Å². The molecule has 0 aliphatic rings. The van der Waals surface area contributed by atoms with E-state index in [1.807, 2.05) is 39.0 Å². The monoisotopic (exact) mass is 218 g/mol. The van der Waals surface area contributed by atoms with Crippen LogP contribution in [0, 0.1) is 0 Å². The topological polar surface area (TPSA) is 58.3 Å². The number of fused-ring (bicyclic) bond motifs is 1. The fraction of sp³-hybridized carbons (Fsp3) is 0.364. The van der Waals surface area contributed by atoms with E-state index >= 15 is 0 Å². The molecular formula is C11H15BN2O2. The minimum Gasteiger partial charge on any atom is -0.407 e. The minimum absolute atomic E-state index is 0.162. The van der Waals surface area contributed by atoms with Crippen LogP contribution in [0.2, 0.25) is 0 Å². The van der Waals surface area contributed by atoms with Crippen LogP contribution < -0.4 is 0 Å². The van der Waals surface area contributed by atoms with Gasteiger partial charge < -0.3 is 14.5 Å². The molecule has 0 aliphatic carbocycles. The second-order valence-corrected chi connectivity index (χ2v) is 4.91. The lowest BCUT2D eigenvalue weighted by atomic mass is 9.90. The largest absolute Gasteiger partial charge is 0.593 e. The first kappa shape index (κ1) is 11.2. The van der Waals surface area contributed by atoms with Crippen LogP contribution >= 0.6 is 0 Å². The van der Waals surface area contributed by atoms with Crippen LogP contribution in [0.25, 0.3) is 11.0 Å². The molecule has 0 spiro atoms. The molecule has 0 fully saturated rings. The Hall–Kier alpha value is -1.33. The molecule has 0 bridgehead atoms. The van der Waals surface area contributed by atoms with Crippen LogP contribution in [-0.4, -0.2) is 26.8 Å². The first-order valence-electron chi connectivity index (χ1n) is 5.24. The van der Waals surface area contributed by atoms with Gasteiger partial charge in [-0.1, -0.05) is 20.8 Å². The van der Waals surface area contributed by atoms with Gasteiger partial charge in [-0.15, -0.1) is 0 Å². The Morgan fingerprint density at radius 1 is 1.31 bits per heavy atom. The van der Waals surface area contributed by atoms with Crippen LogP contribution in [0.15, 0.2) is 24.4 Å². The smallest absolute Gasteiger partial charge is 0.407 e. The highest BCUT2D eigenvalue weighted by molar-refractivity contribution is 6.41. The Morgan fingerprint density at radius 2 is 2.00 bits per heavy atom. The number of pyridine rings is 1. The molecule has 0 unspecified atom stereocenters. The lowest BCUT2D eigenvalue weighted by Gasteiger charge is -2.21. The summed E-state index contributed by atoms with van der Waals surface area (Å²) in [6.45, 7) is 6.08. The van der Waals surface area contributed by atoms with Gasteiger partial charge in [0.1, 0.15) is 5.65 Å². The van der Waals surface area contributed by atoms with E-state index in [0.717, 1.165) is 11.1 Å². The molecule has 0 aliphatic heterocycles. The highest BCUT2D eigenvalue weighted by Crippen LogP contribution is 2.28. The summed E-state index contributed by atoms with van der Waals surface area (Å²) in [6, 6.07) is 5.70. The Labute approximate surface area is 94.7 Å². The van der Waals surface area contributed by atoms with E-state index < -0.39 is 7.25 Å². The van der Waals surface area contributed by atoms with Crippen LogP contribution in [0.1, 0.15) is 26.5 Å². The Balaban J connectivity index is 2.78. The van der Waals surface area contributed by atoms with Gasteiger partial charge in [0.25, 0.3) is 0 Å². The van der Waals surface area contributed by atoms with Gasteiger partial charge in [0, 0.05) is 22.7 Å². The zero-order valence-electron chi connectivity index (χ0n) is 9.68. The third-order valence-corrected chi connectivity index (χ3v) is 2.60. The average Bonchev–Trinajstić information content (AvgIpc) is 2.55.